The highest BCUT2D eigenvalue weighted by Gasteiger charge is 2.39. The maximum absolute atomic E-state index is 10.6. The summed E-state index contributed by atoms with van der Waals surface area (Å²) in [6, 6.07) is 6.25. The molecular weight excluding hydrogens is 216 g/mol. The van der Waals surface area contributed by atoms with Gasteiger partial charge in [0, 0.05) is 6.08 Å². The average Bonchev–Trinajstić information content (AvgIpc) is 2.21. The van der Waals surface area contributed by atoms with Crippen molar-refractivity contribution in [3.8, 4) is 0 Å². The molecular formula is C14H16O3. The summed E-state index contributed by atoms with van der Waals surface area (Å²) in [6.07, 6.45) is 2.96. The van der Waals surface area contributed by atoms with Gasteiger partial charge in [0.1, 0.15) is 0 Å². The quantitative estimate of drug-likeness (QED) is 0.813. The first-order valence-electron chi connectivity index (χ1n) is 5.61. The number of ether oxygens (including phenoxy) is 1. The van der Waals surface area contributed by atoms with E-state index in [0.717, 1.165) is 0 Å². The highest BCUT2D eigenvalue weighted by Crippen LogP contribution is 2.36. The van der Waals surface area contributed by atoms with Gasteiger partial charge in [-0.15, -0.1) is 0 Å². The van der Waals surface area contributed by atoms with E-state index < -0.39 is 5.97 Å². The third kappa shape index (κ3) is 2.24. The van der Waals surface area contributed by atoms with Crippen molar-refractivity contribution in [1.29, 1.82) is 0 Å². The molecule has 0 atom stereocenters. The highest BCUT2D eigenvalue weighted by atomic mass is 16.5. The Kier molecular flexibility index (Phi) is 3.03. The largest absolute Gasteiger partial charge is 0.478 e. The highest BCUT2D eigenvalue weighted by molar-refractivity contribution is 5.80. The van der Waals surface area contributed by atoms with E-state index in [1.54, 1.807) is 6.08 Å². The van der Waals surface area contributed by atoms with Crippen LogP contribution in [0.3, 0.4) is 0 Å². The zero-order chi connectivity index (χ0) is 12.5. The lowest BCUT2D eigenvalue weighted by Crippen LogP contribution is -2.45. The monoisotopic (exact) mass is 232 g/mol. The van der Waals surface area contributed by atoms with E-state index in [1.165, 1.54) is 22.8 Å². The van der Waals surface area contributed by atoms with Crippen LogP contribution in [-0.2, 0) is 14.9 Å². The molecule has 1 aromatic rings. The molecule has 0 radical (unpaired) electrons. The molecule has 1 aliphatic rings. The van der Waals surface area contributed by atoms with Gasteiger partial charge < -0.3 is 9.84 Å². The van der Waals surface area contributed by atoms with Gasteiger partial charge in [0.25, 0.3) is 0 Å². The van der Waals surface area contributed by atoms with Crippen molar-refractivity contribution in [3.63, 3.8) is 0 Å². The van der Waals surface area contributed by atoms with Crippen LogP contribution in [0.5, 0.6) is 0 Å². The zero-order valence-electron chi connectivity index (χ0n) is 10.1. The van der Waals surface area contributed by atoms with Crippen LogP contribution < -0.4 is 0 Å². The fourth-order valence-electron chi connectivity index (χ4n) is 2.17. The predicted octanol–water partition coefficient (Wildman–Crippen LogP) is 2.21. The molecule has 1 saturated heterocycles. The Bertz CT molecular complexity index is 470. The van der Waals surface area contributed by atoms with Gasteiger partial charge in [0.05, 0.1) is 18.6 Å². The minimum absolute atomic E-state index is 0.255. The summed E-state index contributed by atoms with van der Waals surface area (Å²) < 4.78 is 5.28. The lowest BCUT2D eigenvalue weighted by atomic mass is 9.76. The van der Waals surface area contributed by atoms with Gasteiger partial charge in [-0.2, -0.15) is 0 Å². The van der Waals surface area contributed by atoms with Crippen LogP contribution in [0.2, 0.25) is 0 Å². The molecule has 0 unspecified atom stereocenters. The Morgan fingerprint density at radius 2 is 2.12 bits per heavy atom. The molecule has 0 aliphatic carbocycles. The summed E-state index contributed by atoms with van der Waals surface area (Å²) >= 11 is 0. The van der Waals surface area contributed by atoms with Crippen LogP contribution >= 0.6 is 0 Å². The first-order chi connectivity index (χ1) is 8.03. The topological polar surface area (TPSA) is 46.5 Å². The summed E-state index contributed by atoms with van der Waals surface area (Å²) in [5.74, 6) is -0.915. The third-order valence-electron chi connectivity index (χ3n) is 3.19. The Hall–Kier alpha value is -1.61. The van der Waals surface area contributed by atoms with E-state index in [-0.39, 0.29) is 5.41 Å². The molecule has 1 aromatic carbocycles. The van der Waals surface area contributed by atoms with Crippen molar-refractivity contribution in [2.24, 2.45) is 0 Å². The second kappa shape index (κ2) is 4.34. The van der Waals surface area contributed by atoms with Crippen LogP contribution in [0.1, 0.15) is 16.7 Å². The maximum Gasteiger partial charge on any atom is 0.328 e. The first kappa shape index (κ1) is 11.9. The minimum Gasteiger partial charge on any atom is -0.478 e. The standard InChI is InChI=1S/C14H16O3/c1-10-3-4-11(2)12(7-10)14(8-17-9-14)6-5-13(15)16/h3-7H,8-9H2,1-2H3,(H,15,16)/b6-5+. The van der Waals surface area contributed by atoms with Gasteiger partial charge in [0.15, 0.2) is 0 Å². The van der Waals surface area contributed by atoms with Gasteiger partial charge in [-0.25, -0.2) is 4.79 Å². The second-order valence-electron chi connectivity index (χ2n) is 4.64. The molecule has 90 valence electrons. The molecule has 3 heteroatoms. The van der Waals surface area contributed by atoms with Crippen LogP contribution in [-0.4, -0.2) is 24.3 Å². The normalized spacial score (nSPS) is 18.0. The first-order valence-corrected chi connectivity index (χ1v) is 5.61. The van der Waals surface area contributed by atoms with E-state index in [0.29, 0.717) is 13.2 Å². The molecule has 1 heterocycles. The molecule has 0 spiro atoms. The Balaban J connectivity index is 2.41. The summed E-state index contributed by atoms with van der Waals surface area (Å²) in [4.78, 5) is 10.6. The van der Waals surface area contributed by atoms with Crippen LogP contribution in [0, 0.1) is 13.8 Å². The van der Waals surface area contributed by atoms with E-state index in [9.17, 15) is 4.79 Å². The van der Waals surface area contributed by atoms with Crippen LogP contribution in [0.15, 0.2) is 30.4 Å². The van der Waals surface area contributed by atoms with Gasteiger partial charge in [-0.1, -0.05) is 29.8 Å². The number of carbonyl (C=O) groups is 1. The van der Waals surface area contributed by atoms with Gasteiger partial charge >= 0.3 is 5.97 Å². The zero-order valence-corrected chi connectivity index (χ0v) is 10.1. The maximum atomic E-state index is 10.6. The number of aliphatic carboxylic acids is 1. The SMILES string of the molecule is Cc1ccc(C)c(C2(/C=C/C(=O)O)COC2)c1. The molecule has 3 nitrogen and oxygen atoms in total. The fourth-order valence-corrected chi connectivity index (χ4v) is 2.17. The van der Waals surface area contributed by atoms with Gasteiger partial charge in [-0.3, -0.25) is 0 Å². The van der Waals surface area contributed by atoms with Crippen molar-refractivity contribution in [2.75, 3.05) is 13.2 Å². The van der Waals surface area contributed by atoms with E-state index in [4.69, 9.17) is 9.84 Å². The molecule has 17 heavy (non-hydrogen) atoms. The predicted molar refractivity (Wildman–Crippen MR) is 65.2 cm³/mol. The smallest absolute Gasteiger partial charge is 0.328 e. The van der Waals surface area contributed by atoms with E-state index in [1.807, 2.05) is 13.8 Å². The Morgan fingerprint density at radius 3 is 2.65 bits per heavy atom. The third-order valence-corrected chi connectivity index (χ3v) is 3.19. The lowest BCUT2D eigenvalue weighted by molar-refractivity contribution is -0.131. The van der Waals surface area contributed by atoms with Crippen molar-refractivity contribution in [1.82, 2.24) is 0 Å². The molecule has 0 bridgehead atoms. The summed E-state index contributed by atoms with van der Waals surface area (Å²) in [5.41, 5.74) is 3.27. The molecule has 2 rings (SSSR count). The Morgan fingerprint density at radius 1 is 1.41 bits per heavy atom. The summed E-state index contributed by atoms with van der Waals surface area (Å²) in [6.45, 7) is 5.20. The average molecular weight is 232 g/mol. The van der Waals surface area contributed by atoms with Gasteiger partial charge in [-0.05, 0) is 25.0 Å². The Labute approximate surface area is 101 Å². The number of carboxylic acids is 1. The molecule has 1 aliphatic heterocycles. The number of hydrogen-bond acceptors (Lipinski definition) is 2. The number of carboxylic acid groups (broad SMARTS) is 1. The molecule has 0 amide bonds. The lowest BCUT2D eigenvalue weighted by Gasteiger charge is -2.40. The van der Waals surface area contributed by atoms with Crippen molar-refractivity contribution >= 4 is 5.97 Å². The summed E-state index contributed by atoms with van der Waals surface area (Å²) in [7, 11) is 0. The molecule has 0 aromatic heterocycles. The fraction of sp³-hybridized carbons (Fsp3) is 0.357. The molecule has 0 saturated carbocycles. The number of rotatable bonds is 3. The van der Waals surface area contributed by atoms with Crippen molar-refractivity contribution < 1.29 is 14.6 Å². The van der Waals surface area contributed by atoms with Crippen LogP contribution in [0.4, 0.5) is 0 Å². The molecule has 1 fully saturated rings. The van der Waals surface area contributed by atoms with Crippen molar-refractivity contribution in [3.05, 3.63) is 47.0 Å². The van der Waals surface area contributed by atoms with E-state index in [2.05, 4.69) is 18.2 Å². The van der Waals surface area contributed by atoms with Crippen molar-refractivity contribution in [2.45, 2.75) is 19.3 Å². The number of hydrogen-bond donors (Lipinski definition) is 1. The second-order valence-corrected chi connectivity index (χ2v) is 4.64. The van der Waals surface area contributed by atoms with Crippen LogP contribution in [0.25, 0.3) is 0 Å². The van der Waals surface area contributed by atoms with Gasteiger partial charge in [0.2, 0.25) is 0 Å². The van der Waals surface area contributed by atoms with E-state index >= 15 is 0 Å². The minimum atomic E-state index is -0.915. The number of aryl methyl sites for hydroxylation is 2. The summed E-state index contributed by atoms with van der Waals surface area (Å²) in [5, 5.41) is 8.74. The number of benzene rings is 1. The molecule has 1 N–H and O–H groups in total.